The highest BCUT2D eigenvalue weighted by Crippen LogP contribution is 2.38. The SMILES string of the molecule is Nc1c(F)cc(SC(F)(F)F)cc1F. The molecule has 0 fully saturated rings. The number of benzene rings is 1. The van der Waals surface area contributed by atoms with Crippen molar-refractivity contribution in [3.05, 3.63) is 23.8 Å². The zero-order valence-electron chi connectivity index (χ0n) is 6.53. The Balaban J connectivity index is 3.02. The Hall–Kier alpha value is -0.980. The molecule has 0 heterocycles. The smallest absolute Gasteiger partial charge is 0.394 e. The summed E-state index contributed by atoms with van der Waals surface area (Å²) in [5, 5.41) is 0. The standard InChI is InChI=1S/C7H4F5NS/c8-4-1-3(14-7(10,11)12)2-5(9)6(4)13/h1-2H,13H2. The number of rotatable bonds is 1. The van der Waals surface area contributed by atoms with Gasteiger partial charge >= 0.3 is 5.51 Å². The van der Waals surface area contributed by atoms with E-state index >= 15 is 0 Å². The molecule has 0 aromatic heterocycles. The van der Waals surface area contributed by atoms with Gasteiger partial charge in [0.25, 0.3) is 0 Å². The maximum atomic E-state index is 12.7. The van der Waals surface area contributed by atoms with Crippen molar-refractivity contribution < 1.29 is 22.0 Å². The van der Waals surface area contributed by atoms with Crippen molar-refractivity contribution in [2.24, 2.45) is 0 Å². The highest BCUT2D eigenvalue weighted by molar-refractivity contribution is 8.00. The highest BCUT2D eigenvalue weighted by atomic mass is 32.2. The van der Waals surface area contributed by atoms with Crippen LogP contribution in [0.2, 0.25) is 0 Å². The minimum Gasteiger partial charge on any atom is -0.394 e. The molecule has 14 heavy (non-hydrogen) atoms. The molecule has 1 aromatic rings. The quantitative estimate of drug-likeness (QED) is 0.454. The van der Waals surface area contributed by atoms with Crippen LogP contribution in [0.25, 0.3) is 0 Å². The summed E-state index contributed by atoms with van der Waals surface area (Å²) in [7, 11) is 0. The Morgan fingerprint density at radius 2 is 1.50 bits per heavy atom. The number of halogens is 5. The molecule has 7 heteroatoms. The second kappa shape index (κ2) is 3.64. The maximum absolute atomic E-state index is 12.7. The van der Waals surface area contributed by atoms with Crippen molar-refractivity contribution in [3.8, 4) is 0 Å². The van der Waals surface area contributed by atoms with E-state index in [0.29, 0.717) is 12.1 Å². The Kier molecular flexibility index (Phi) is 2.89. The van der Waals surface area contributed by atoms with Gasteiger partial charge in [-0.15, -0.1) is 0 Å². The van der Waals surface area contributed by atoms with E-state index in [4.69, 9.17) is 5.73 Å². The van der Waals surface area contributed by atoms with E-state index in [0.717, 1.165) is 0 Å². The summed E-state index contributed by atoms with van der Waals surface area (Å²) in [4.78, 5) is -0.568. The fourth-order valence-electron chi connectivity index (χ4n) is 0.754. The molecule has 1 aromatic carbocycles. The predicted molar refractivity (Wildman–Crippen MR) is 42.7 cm³/mol. The van der Waals surface area contributed by atoms with Crippen LogP contribution in [0.1, 0.15) is 0 Å². The summed E-state index contributed by atoms with van der Waals surface area (Å²) in [6.45, 7) is 0. The summed E-state index contributed by atoms with van der Waals surface area (Å²) in [5.41, 5.74) is -0.481. The summed E-state index contributed by atoms with van der Waals surface area (Å²) >= 11 is -0.598. The molecule has 0 bridgehead atoms. The van der Waals surface area contributed by atoms with Crippen LogP contribution in [0.5, 0.6) is 0 Å². The van der Waals surface area contributed by atoms with Gasteiger partial charge in [0, 0.05) is 4.90 Å². The van der Waals surface area contributed by atoms with Crippen molar-refractivity contribution >= 4 is 17.4 Å². The molecule has 0 aliphatic heterocycles. The fraction of sp³-hybridized carbons (Fsp3) is 0.143. The van der Waals surface area contributed by atoms with E-state index in [2.05, 4.69) is 0 Å². The fourth-order valence-corrected chi connectivity index (χ4v) is 1.35. The monoisotopic (exact) mass is 229 g/mol. The molecule has 1 nitrogen and oxygen atoms in total. The lowest BCUT2D eigenvalue weighted by molar-refractivity contribution is -0.0328. The van der Waals surface area contributed by atoms with Gasteiger partial charge in [-0.05, 0) is 23.9 Å². The average Bonchev–Trinajstić information content (AvgIpc) is 1.96. The van der Waals surface area contributed by atoms with Gasteiger partial charge in [-0.25, -0.2) is 8.78 Å². The van der Waals surface area contributed by atoms with Gasteiger partial charge in [-0.3, -0.25) is 0 Å². The van der Waals surface area contributed by atoms with Crippen molar-refractivity contribution in [1.29, 1.82) is 0 Å². The zero-order valence-corrected chi connectivity index (χ0v) is 7.35. The van der Waals surface area contributed by atoms with Gasteiger partial charge in [0.15, 0.2) is 0 Å². The van der Waals surface area contributed by atoms with Crippen molar-refractivity contribution in [1.82, 2.24) is 0 Å². The number of alkyl halides is 3. The topological polar surface area (TPSA) is 26.0 Å². The normalized spacial score (nSPS) is 11.8. The van der Waals surface area contributed by atoms with Crippen LogP contribution in [0.3, 0.4) is 0 Å². The van der Waals surface area contributed by atoms with Gasteiger partial charge in [0.1, 0.15) is 17.3 Å². The largest absolute Gasteiger partial charge is 0.446 e. The van der Waals surface area contributed by atoms with Crippen LogP contribution in [-0.4, -0.2) is 5.51 Å². The Morgan fingerprint density at radius 3 is 1.86 bits per heavy atom. The number of anilines is 1. The molecular formula is C7H4F5NS. The van der Waals surface area contributed by atoms with Gasteiger partial charge in [0.05, 0.1) is 0 Å². The third-order valence-corrected chi connectivity index (χ3v) is 1.99. The molecule has 0 unspecified atom stereocenters. The van der Waals surface area contributed by atoms with Crippen LogP contribution in [-0.2, 0) is 0 Å². The molecule has 0 saturated carbocycles. The Labute approximate surface area is 80.1 Å². The van der Waals surface area contributed by atoms with Crippen molar-refractivity contribution in [2.45, 2.75) is 10.4 Å². The van der Waals surface area contributed by atoms with Crippen LogP contribution in [0.4, 0.5) is 27.6 Å². The molecule has 1 rings (SSSR count). The second-order valence-electron chi connectivity index (χ2n) is 2.35. The van der Waals surface area contributed by atoms with Crippen LogP contribution in [0, 0.1) is 11.6 Å². The van der Waals surface area contributed by atoms with Gasteiger partial charge in [0.2, 0.25) is 0 Å². The maximum Gasteiger partial charge on any atom is 0.446 e. The molecule has 0 saturated heterocycles. The Morgan fingerprint density at radius 1 is 1.07 bits per heavy atom. The number of thioether (sulfide) groups is 1. The molecule has 0 aliphatic rings. The average molecular weight is 229 g/mol. The van der Waals surface area contributed by atoms with E-state index in [9.17, 15) is 22.0 Å². The summed E-state index contributed by atoms with van der Waals surface area (Å²) in [6.07, 6.45) is 0. The minimum absolute atomic E-state index is 0.538. The van der Waals surface area contributed by atoms with Crippen LogP contribution in [0.15, 0.2) is 17.0 Å². The highest BCUT2D eigenvalue weighted by Gasteiger charge is 2.30. The molecule has 2 N–H and O–H groups in total. The first kappa shape index (κ1) is 11.1. The van der Waals surface area contributed by atoms with Gasteiger partial charge in [-0.1, -0.05) is 0 Å². The summed E-state index contributed by atoms with van der Waals surface area (Å²) < 4.78 is 60.7. The van der Waals surface area contributed by atoms with Gasteiger partial charge in [-0.2, -0.15) is 13.2 Å². The third-order valence-electron chi connectivity index (χ3n) is 1.29. The zero-order chi connectivity index (χ0) is 10.9. The van der Waals surface area contributed by atoms with E-state index in [1.165, 1.54) is 0 Å². The summed E-state index contributed by atoms with van der Waals surface area (Å²) in [6, 6.07) is 1.08. The molecule has 0 spiro atoms. The lowest BCUT2D eigenvalue weighted by Crippen LogP contribution is -2.01. The predicted octanol–water partition coefficient (Wildman–Crippen LogP) is 3.16. The van der Waals surface area contributed by atoms with E-state index in [1.54, 1.807) is 0 Å². The van der Waals surface area contributed by atoms with E-state index in [1.807, 2.05) is 0 Å². The lowest BCUT2D eigenvalue weighted by atomic mass is 10.3. The van der Waals surface area contributed by atoms with Crippen LogP contribution >= 0.6 is 11.8 Å². The lowest BCUT2D eigenvalue weighted by Gasteiger charge is -2.06. The van der Waals surface area contributed by atoms with Crippen molar-refractivity contribution in [3.63, 3.8) is 0 Å². The number of hydrogen-bond donors (Lipinski definition) is 1. The first-order valence-electron chi connectivity index (χ1n) is 3.30. The first-order chi connectivity index (χ1) is 6.29. The molecule has 0 atom stereocenters. The number of nitrogens with two attached hydrogens (primary N) is 1. The van der Waals surface area contributed by atoms with Crippen LogP contribution < -0.4 is 5.73 Å². The molecule has 78 valence electrons. The van der Waals surface area contributed by atoms with Crippen molar-refractivity contribution in [2.75, 3.05) is 5.73 Å². The molecule has 0 amide bonds. The Bertz CT molecular complexity index is 325. The number of hydrogen-bond acceptors (Lipinski definition) is 2. The molecular weight excluding hydrogens is 225 g/mol. The molecule has 0 radical (unpaired) electrons. The second-order valence-corrected chi connectivity index (χ2v) is 3.49. The van der Waals surface area contributed by atoms with E-state index in [-0.39, 0.29) is 0 Å². The summed E-state index contributed by atoms with van der Waals surface area (Å²) in [5.74, 6) is -2.39. The van der Waals surface area contributed by atoms with E-state index < -0.39 is 39.5 Å². The molecule has 0 aliphatic carbocycles. The minimum atomic E-state index is -4.57. The number of nitrogen functional groups attached to an aromatic ring is 1. The third kappa shape index (κ3) is 2.76. The first-order valence-corrected chi connectivity index (χ1v) is 4.11. The van der Waals surface area contributed by atoms with Gasteiger partial charge < -0.3 is 5.73 Å².